The number of anilines is 1. The fourth-order valence-electron chi connectivity index (χ4n) is 2.45. The molecule has 0 amide bonds. The van der Waals surface area contributed by atoms with Gasteiger partial charge in [-0.2, -0.15) is 0 Å². The van der Waals surface area contributed by atoms with Crippen molar-refractivity contribution in [2.45, 2.75) is 19.5 Å². The number of rotatable bonds is 2. The second-order valence-corrected chi connectivity index (χ2v) is 4.63. The predicted molar refractivity (Wildman–Crippen MR) is 73.3 cm³/mol. The number of benzene rings is 1. The molecule has 18 heavy (non-hydrogen) atoms. The molecule has 0 saturated heterocycles. The van der Waals surface area contributed by atoms with E-state index in [0.29, 0.717) is 6.54 Å². The highest BCUT2D eigenvalue weighted by Gasteiger charge is 2.16. The molecule has 3 rings (SSSR count). The van der Waals surface area contributed by atoms with Crippen LogP contribution in [-0.2, 0) is 19.5 Å². The van der Waals surface area contributed by atoms with Crippen LogP contribution in [0.25, 0.3) is 0 Å². The Bertz CT molecular complexity index is 551. The molecule has 0 spiro atoms. The Balaban J connectivity index is 1.87. The summed E-state index contributed by atoms with van der Waals surface area (Å²) >= 11 is 0. The van der Waals surface area contributed by atoms with Gasteiger partial charge in [0.15, 0.2) is 0 Å². The van der Waals surface area contributed by atoms with Crippen LogP contribution in [0, 0.1) is 0 Å². The Kier molecular flexibility index (Phi) is 2.99. The van der Waals surface area contributed by atoms with Gasteiger partial charge < -0.3 is 10.6 Å². The van der Waals surface area contributed by atoms with Gasteiger partial charge in [-0.3, -0.25) is 0 Å². The van der Waals surface area contributed by atoms with Crippen molar-refractivity contribution in [2.24, 2.45) is 5.73 Å². The lowest BCUT2D eigenvalue weighted by Gasteiger charge is -2.30. The van der Waals surface area contributed by atoms with Crippen LogP contribution in [0.5, 0.6) is 0 Å². The van der Waals surface area contributed by atoms with Gasteiger partial charge in [0.1, 0.15) is 5.82 Å². The molecule has 2 heterocycles. The van der Waals surface area contributed by atoms with Gasteiger partial charge in [-0.15, -0.1) is 0 Å². The maximum absolute atomic E-state index is 5.64. The molecule has 0 atom stereocenters. The van der Waals surface area contributed by atoms with Crippen molar-refractivity contribution < 1.29 is 0 Å². The van der Waals surface area contributed by atoms with Crippen molar-refractivity contribution in [3.05, 3.63) is 59.3 Å². The van der Waals surface area contributed by atoms with E-state index in [1.165, 1.54) is 11.1 Å². The van der Waals surface area contributed by atoms with Gasteiger partial charge in [0.25, 0.3) is 0 Å². The SMILES string of the molecule is NCc1cccc(N2CCc3ccccc3C2)n1. The van der Waals surface area contributed by atoms with Crippen molar-refractivity contribution in [1.82, 2.24) is 4.98 Å². The van der Waals surface area contributed by atoms with Crippen molar-refractivity contribution in [2.75, 3.05) is 11.4 Å². The zero-order valence-corrected chi connectivity index (χ0v) is 10.3. The Morgan fingerprint density at radius 3 is 2.72 bits per heavy atom. The second-order valence-electron chi connectivity index (χ2n) is 4.63. The number of hydrogen-bond acceptors (Lipinski definition) is 3. The molecule has 0 fully saturated rings. The summed E-state index contributed by atoms with van der Waals surface area (Å²) < 4.78 is 0. The first kappa shape index (κ1) is 11.2. The van der Waals surface area contributed by atoms with Gasteiger partial charge in [-0.1, -0.05) is 30.3 Å². The van der Waals surface area contributed by atoms with Crippen LogP contribution in [0.1, 0.15) is 16.8 Å². The van der Waals surface area contributed by atoms with Crippen LogP contribution in [0.2, 0.25) is 0 Å². The van der Waals surface area contributed by atoms with Crippen molar-refractivity contribution in [3.63, 3.8) is 0 Å². The lowest BCUT2D eigenvalue weighted by atomic mass is 10.00. The highest BCUT2D eigenvalue weighted by atomic mass is 15.2. The molecule has 3 nitrogen and oxygen atoms in total. The first-order valence-corrected chi connectivity index (χ1v) is 6.34. The van der Waals surface area contributed by atoms with Gasteiger partial charge >= 0.3 is 0 Å². The lowest BCUT2D eigenvalue weighted by Crippen LogP contribution is -2.31. The minimum Gasteiger partial charge on any atom is -0.352 e. The zero-order valence-electron chi connectivity index (χ0n) is 10.3. The van der Waals surface area contributed by atoms with E-state index in [4.69, 9.17) is 5.73 Å². The monoisotopic (exact) mass is 239 g/mol. The summed E-state index contributed by atoms with van der Waals surface area (Å²) in [5, 5.41) is 0. The maximum Gasteiger partial charge on any atom is 0.129 e. The first-order chi connectivity index (χ1) is 8.86. The van der Waals surface area contributed by atoms with E-state index in [-0.39, 0.29) is 0 Å². The highest BCUT2D eigenvalue weighted by molar-refractivity contribution is 5.44. The number of hydrogen-bond donors (Lipinski definition) is 1. The lowest BCUT2D eigenvalue weighted by molar-refractivity contribution is 0.718. The molecular formula is C15H17N3. The number of fused-ring (bicyclic) bond motifs is 1. The van der Waals surface area contributed by atoms with Crippen LogP contribution in [0.15, 0.2) is 42.5 Å². The quantitative estimate of drug-likeness (QED) is 0.872. The minimum atomic E-state index is 0.498. The number of aromatic nitrogens is 1. The van der Waals surface area contributed by atoms with Crippen LogP contribution < -0.4 is 10.6 Å². The summed E-state index contributed by atoms with van der Waals surface area (Å²) in [4.78, 5) is 6.91. The van der Waals surface area contributed by atoms with Crippen LogP contribution in [-0.4, -0.2) is 11.5 Å². The van der Waals surface area contributed by atoms with E-state index in [1.54, 1.807) is 0 Å². The van der Waals surface area contributed by atoms with Crippen molar-refractivity contribution in [3.8, 4) is 0 Å². The molecule has 1 aliphatic rings. The number of nitrogens with two attached hydrogens (primary N) is 1. The van der Waals surface area contributed by atoms with E-state index < -0.39 is 0 Å². The fraction of sp³-hybridized carbons (Fsp3) is 0.267. The standard InChI is InChI=1S/C15H17N3/c16-10-14-6-3-7-15(17-14)18-9-8-12-4-1-2-5-13(12)11-18/h1-7H,8-11,16H2. The molecule has 0 unspecified atom stereocenters. The smallest absolute Gasteiger partial charge is 0.129 e. The molecule has 92 valence electrons. The number of nitrogens with zero attached hydrogens (tertiary/aromatic N) is 2. The number of pyridine rings is 1. The maximum atomic E-state index is 5.64. The molecule has 0 bridgehead atoms. The van der Waals surface area contributed by atoms with Gasteiger partial charge in [0, 0.05) is 19.6 Å². The van der Waals surface area contributed by atoms with E-state index in [9.17, 15) is 0 Å². The summed E-state index contributed by atoms with van der Waals surface area (Å²) in [5.41, 5.74) is 9.46. The molecule has 3 heteroatoms. The van der Waals surface area contributed by atoms with Gasteiger partial charge in [-0.25, -0.2) is 4.98 Å². The van der Waals surface area contributed by atoms with Crippen LogP contribution in [0.4, 0.5) is 5.82 Å². The van der Waals surface area contributed by atoms with Crippen molar-refractivity contribution in [1.29, 1.82) is 0 Å². The largest absolute Gasteiger partial charge is 0.352 e. The Morgan fingerprint density at radius 2 is 1.89 bits per heavy atom. The molecule has 2 N–H and O–H groups in total. The first-order valence-electron chi connectivity index (χ1n) is 6.34. The van der Waals surface area contributed by atoms with E-state index in [2.05, 4.69) is 40.2 Å². The van der Waals surface area contributed by atoms with E-state index in [0.717, 1.165) is 31.0 Å². The summed E-state index contributed by atoms with van der Waals surface area (Å²) in [6.07, 6.45) is 1.09. The zero-order chi connectivity index (χ0) is 12.4. The van der Waals surface area contributed by atoms with Crippen LogP contribution in [0.3, 0.4) is 0 Å². The molecule has 1 aliphatic heterocycles. The molecule has 0 aliphatic carbocycles. The summed E-state index contributed by atoms with van der Waals surface area (Å²) in [6.45, 7) is 2.47. The Morgan fingerprint density at radius 1 is 1.06 bits per heavy atom. The molecule has 1 aromatic carbocycles. The topological polar surface area (TPSA) is 42.1 Å². The van der Waals surface area contributed by atoms with Crippen LogP contribution >= 0.6 is 0 Å². The van der Waals surface area contributed by atoms with E-state index >= 15 is 0 Å². The molecular weight excluding hydrogens is 222 g/mol. The molecule has 0 saturated carbocycles. The average Bonchev–Trinajstić information content (AvgIpc) is 2.47. The normalized spacial score (nSPS) is 14.4. The highest BCUT2D eigenvalue weighted by Crippen LogP contribution is 2.22. The molecule has 1 aromatic heterocycles. The molecule has 0 radical (unpaired) electrons. The average molecular weight is 239 g/mol. The Labute approximate surface area is 107 Å². The summed E-state index contributed by atoms with van der Waals surface area (Å²) in [6, 6.07) is 14.7. The third-order valence-corrected chi connectivity index (χ3v) is 3.46. The van der Waals surface area contributed by atoms with Gasteiger partial charge in [0.2, 0.25) is 0 Å². The molecule has 2 aromatic rings. The Hall–Kier alpha value is -1.87. The van der Waals surface area contributed by atoms with Gasteiger partial charge in [-0.05, 0) is 29.7 Å². The summed E-state index contributed by atoms with van der Waals surface area (Å²) in [5.74, 6) is 1.03. The fourth-order valence-corrected chi connectivity index (χ4v) is 2.45. The van der Waals surface area contributed by atoms with Crippen molar-refractivity contribution >= 4 is 5.82 Å². The minimum absolute atomic E-state index is 0.498. The second kappa shape index (κ2) is 4.78. The van der Waals surface area contributed by atoms with E-state index in [1.807, 2.05) is 12.1 Å². The predicted octanol–water partition coefficient (Wildman–Crippen LogP) is 2.10. The third-order valence-electron chi connectivity index (χ3n) is 3.46. The third kappa shape index (κ3) is 2.09. The summed E-state index contributed by atoms with van der Waals surface area (Å²) in [7, 11) is 0. The van der Waals surface area contributed by atoms with Gasteiger partial charge in [0.05, 0.1) is 5.69 Å².